The molecule has 2 N–H and O–H groups in total. The number of hydrogen-bond donors (Lipinski definition) is 2. The van der Waals surface area contributed by atoms with Gasteiger partial charge in [-0.15, -0.1) is 0 Å². The van der Waals surface area contributed by atoms with Crippen LogP contribution in [0.2, 0.25) is 0 Å². The monoisotopic (exact) mass is 238 g/mol. The molecule has 1 atom stereocenters. The van der Waals surface area contributed by atoms with Gasteiger partial charge in [0.25, 0.3) is 10.2 Å². The summed E-state index contributed by atoms with van der Waals surface area (Å²) in [5, 5.41) is 8.79. The first-order chi connectivity index (χ1) is 6.81. The first kappa shape index (κ1) is 14.3. The second-order valence-corrected chi connectivity index (χ2v) is 5.43. The highest BCUT2D eigenvalue weighted by molar-refractivity contribution is 7.87. The molecule has 0 aliphatic heterocycles. The van der Waals surface area contributed by atoms with Crippen LogP contribution in [-0.2, 0) is 15.0 Å². The lowest BCUT2D eigenvalue weighted by molar-refractivity contribution is -0.141. The van der Waals surface area contributed by atoms with E-state index in [1.165, 1.54) is 14.1 Å². The smallest absolute Gasteiger partial charge is 0.307 e. The summed E-state index contributed by atoms with van der Waals surface area (Å²) in [7, 11) is -0.751. The maximum absolute atomic E-state index is 11.3. The van der Waals surface area contributed by atoms with Gasteiger partial charge >= 0.3 is 5.97 Å². The minimum absolute atomic E-state index is 0.0658. The maximum atomic E-state index is 11.3. The van der Waals surface area contributed by atoms with Crippen molar-refractivity contribution in [2.24, 2.45) is 5.92 Å². The van der Waals surface area contributed by atoms with E-state index in [-0.39, 0.29) is 6.54 Å². The average molecular weight is 238 g/mol. The third-order valence-electron chi connectivity index (χ3n) is 1.98. The quantitative estimate of drug-likeness (QED) is 0.647. The molecule has 0 aromatic heterocycles. The van der Waals surface area contributed by atoms with Gasteiger partial charge in [-0.2, -0.15) is 12.7 Å². The number of carboxylic acids is 1. The molecule has 0 saturated heterocycles. The summed E-state index contributed by atoms with van der Waals surface area (Å²) in [4.78, 5) is 10.7. The molecule has 0 fully saturated rings. The van der Waals surface area contributed by atoms with Crippen LogP contribution in [-0.4, -0.2) is 44.4 Å². The van der Waals surface area contributed by atoms with Crippen LogP contribution in [0.5, 0.6) is 0 Å². The predicted octanol–water partition coefficient (Wildman–Crippen LogP) is -0.117. The molecule has 0 aliphatic carbocycles. The summed E-state index contributed by atoms with van der Waals surface area (Å²) in [5.74, 6) is -1.64. The van der Waals surface area contributed by atoms with Gasteiger partial charge in [-0.05, 0) is 6.42 Å². The molecule has 1 unspecified atom stereocenters. The van der Waals surface area contributed by atoms with Gasteiger partial charge < -0.3 is 5.11 Å². The topological polar surface area (TPSA) is 86.7 Å². The summed E-state index contributed by atoms with van der Waals surface area (Å²) in [6, 6.07) is 0. The van der Waals surface area contributed by atoms with Gasteiger partial charge in [-0.3, -0.25) is 4.79 Å². The van der Waals surface area contributed by atoms with Crippen molar-refractivity contribution >= 4 is 16.2 Å². The Morgan fingerprint density at radius 2 is 2.00 bits per heavy atom. The molecule has 6 nitrogen and oxygen atoms in total. The van der Waals surface area contributed by atoms with Crippen LogP contribution in [0.3, 0.4) is 0 Å². The number of carbonyl (C=O) groups is 1. The Hall–Kier alpha value is -0.660. The fourth-order valence-electron chi connectivity index (χ4n) is 0.996. The van der Waals surface area contributed by atoms with Crippen molar-refractivity contribution in [3.63, 3.8) is 0 Å². The van der Waals surface area contributed by atoms with Crippen LogP contribution < -0.4 is 4.72 Å². The Morgan fingerprint density at radius 1 is 1.47 bits per heavy atom. The fourth-order valence-corrected chi connectivity index (χ4v) is 1.67. The zero-order valence-electron chi connectivity index (χ0n) is 9.23. The van der Waals surface area contributed by atoms with E-state index in [1.807, 2.05) is 6.92 Å². The van der Waals surface area contributed by atoms with Gasteiger partial charge in [0.1, 0.15) is 0 Å². The Labute approximate surface area is 90.5 Å². The number of nitrogens with zero attached hydrogens (tertiary/aromatic N) is 1. The van der Waals surface area contributed by atoms with Crippen LogP contribution in [0.15, 0.2) is 0 Å². The number of hydrogen-bond acceptors (Lipinski definition) is 3. The third-order valence-corrected chi connectivity index (χ3v) is 3.47. The molecular weight excluding hydrogens is 220 g/mol. The standard InChI is InChI=1S/C8H18N2O4S/c1-4-5-7(8(11)12)6-9-15(13,14)10(2)3/h7,9H,4-6H2,1-3H3,(H,11,12). The van der Waals surface area contributed by atoms with E-state index in [0.29, 0.717) is 12.8 Å². The van der Waals surface area contributed by atoms with E-state index in [0.717, 1.165) is 4.31 Å². The Balaban J connectivity index is 4.28. The lowest BCUT2D eigenvalue weighted by atomic mass is 10.1. The van der Waals surface area contributed by atoms with Crippen LogP contribution in [0, 0.1) is 5.92 Å². The molecule has 0 aromatic rings. The number of aliphatic carboxylic acids is 1. The van der Waals surface area contributed by atoms with Gasteiger partial charge in [0.2, 0.25) is 0 Å². The highest BCUT2D eigenvalue weighted by Crippen LogP contribution is 2.05. The van der Waals surface area contributed by atoms with Gasteiger partial charge in [-0.25, -0.2) is 4.72 Å². The molecule has 0 spiro atoms. The fraction of sp³-hybridized carbons (Fsp3) is 0.875. The lowest BCUT2D eigenvalue weighted by Gasteiger charge is -2.15. The molecule has 0 radical (unpaired) electrons. The molecular formula is C8H18N2O4S. The molecule has 0 bridgehead atoms. The number of carboxylic acid groups (broad SMARTS) is 1. The predicted molar refractivity (Wildman–Crippen MR) is 56.6 cm³/mol. The normalized spacial score (nSPS) is 14.1. The number of rotatable bonds is 7. The summed E-state index contributed by atoms with van der Waals surface area (Å²) in [6.45, 7) is 1.79. The molecule has 0 heterocycles. The van der Waals surface area contributed by atoms with E-state index in [4.69, 9.17) is 5.11 Å². The number of nitrogens with one attached hydrogen (secondary N) is 1. The van der Waals surface area contributed by atoms with Crippen molar-refractivity contribution in [2.45, 2.75) is 19.8 Å². The van der Waals surface area contributed by atoms with Crippen LogP contribution in [0.1, 0.15) is 19.8 Å². The molecule has 0 amide bonds. The highest BCUT2D eigenvalue weighted by atomic mass is 32.2. The summed E-state index contributed by atoms with van der Waals surface area (Å²) < 4.78 is 25.8. The second kappa shape index (κ2) is 6.04. The van der Waals surface area contributed by atoms with Gasteiger partial charge in [0.15, 0.2) is 0 Å². The lowest BCUT2D eigenvalue weighted by Crippen LogP contribution is -2.39. The second-order valence-electron chi connectivity index (χ2n) is 3.46. The Morgan fingerprint density at radius 3 is 2.33 bits per heavy atom. The minimum Gasteiger partial charge on any atom is -0.481 e. The Kier molecular flexibility index (Phi) is 5.77. The van der Waals surface area contributed by atoms with Gasteiger partial charge in [0.05, 0.1) is 5.92 Å². The van der Waals surface area contributed by atoms with Crippen LogP contribution in [0.4, 0.5) is 0 Å². The maximum Gasteiger partial charge on any atom is 0.307 e. The van der Waals surface area contributed by atoms with Gasteiger partial charge in [0, 0.05) is 20.6 Å². The summed E-state index contributed by atoms with van der Waals surface area (Å²) in [5.41, 5.74) is 0. The van der Waals surface area contributed by atoms with E-state index in [1.54, 1.807) is 0 Å². The molecule has 7 heteroatoms. The molecule has 0 aliphatic rings. The SMILES string of the molecule is CCCC(CNS(=O)(=O)N(C)C)C(=O)O. The van der Waals surface area contributed by atoms with E-state index < -0.39 is 22.1 Å². The summed E-state index contributed by atoms with van der Waals surface area (Å²) in [6.07, 6.45) is 1.17. The van der Waals surface area contributed by atoms with E-state index in [2.05, 4.69) is 4.72 Å². The summed E-state index contributed by atoms with van der Waals surface area (Å²) >= 11 is 0. The average Bonchev–Trinajstić information content (AvgIpc) is 2.11. The van der Waals surface area contributed by atoms with E-state index >= 15 is 0 Å². The molecule has 0 rings (SSSR count). The van der Waals surface area contributed by atoms with Crippen molar-refractivity contribution in [3.8, 4) is 0 Å². The van der Waals surface area contributed by atoms with Crippen molar-refractivity contribution in [3.05, 3.63) is 0 Å². The van der Waals surface area contributed by atoms with Crippen molar-refractivity contribution < 1.29 is 18.3 Å². The Bertz CT molecular complexity index is 300. The van der Waals surface area contributed by atoms with Crippen molar-refractivity contribution in [1.82, 2.24) is 9.03 Å². The van der Waals surface area contributed by atoms with Gasteiger partial charge in [-0.1, -0.05) is 13.3 Å². The molecule has 0 aromatic carbocycles. The van der Waals surface area contributed by atoms with Crippen LogP contribution >= 0.6 is 0 Å². The van der Waals surface area contributed by atoms with Crippen molar-refractivity contribution in [2.75, 3.05) is 20.6 Å². The van der Waals surface area contributed by atoms with Crippen molar-refractivity contribution in [1.29, 1.82) is 0 Å². The zero-order chi connectivity index (χ0) is 12.1. The third kappa shape index (κ3) is 5.10. The molecule has 90 valence electrons. The molecule has 0 saturated carbocycles. The first-order valence-corrected chi connectivity index (χ1v) is 6.15. The largest absolute Gasteiger partial charge is 0.481 e. The minimum atomic E-state index is -3.53. The van der Waals surface area contributed by atoms with E-state index in [9.17, 15) is 13.2 Å². The van der Waals surface area contributed by atoms with Crippen LogP contribution in [0.25, 0.3) is 0 Å². The molecule has 15 heavy (non-hydrogen) atoms. The first-order valence-electron chi connectivity index (χ1n) is 4.71. The zero-order valence-corrected chi connectivity index (χ0v) is 10.0. The highest BCUT2D eigenvalue weighted by Gasteiger charge is 2.20.